The van der Waals surface area contributed by atoms with E-state index in [1.807, 2.05) is 12.5 Å². The molecule has 1 aromatic rings. The minimum absolute atomic E-state index is 0.705. The molecular weight excluding hydrogens is 222 g/mol. The number of hydrogen-bond acceptors (Lipinski definition) is 2. The molecule has 0 bridgehead atoms. The van der Waals surface area contributed by atoms with E-state index in [9.17, 15) is 0 Å². The van der Waals surface area contributed by atoms with Gasteiger partial charge in [-0.25, -0.2) is 4.98 Å². The Bertz CT molecular complexity index is 356. The monoisotopic (exact) mass is 249 g/mol. The van der Waals surface area contributed by atoms with Gasteiger partial charge in [-0.3, -0.25) is 0 Å². The zero-order valence-corrected chi connectivity index (χ0v) is 12.0. The van der Waals surface area contributed by atoms with E-state index in [1.54, 1.807) is 0 Å². The summed E-state index contributed by atoms with van der Waals surface area (Å²) in [7, 11) is 0. The van der Waals surface area contributed by atoms with Crippen LogP contribution >= 0.6 is 0 Å². The SMILES string of the molecule is CC(C)CNCc1cncn1CC1CCCC1C. The maximum atomic E-state index is 4.31. The van der Waals surface area contributed by atoms with Crippen LogP contribution in [0.5, 0.6) is 0 Å². The molecule has 2 atom stereocenters. The Balaban J connectivity index is 1.87. The fourth-order valence-corrected chi connectivity index (χ4v) is 2.89. The lowest BCUT2D eigenvalue weighted by atomic mass is 9.98. The van der Waals surface area contributed by atoms with Gasteiger partial charge < -0.3 is 9.88 Å². The molecule has 0 saturated heterocycles. The summed E-state index contributed by atoms with van der Waals surface area (Å²) in [4.78, 5) is 4.31. The Morgan fingerprint density at radius 3 is 2.94 bits per heavy atom. The van der Waals surface area contributed by atoms with Gasteiger partial charge in [0.15, 0.2) is 0 Å². The molecule has 0 radical (unpaired) electrons. The Morgan fingerprint density at radius 2 is 2.28 bits per heavy atom. The summed E-state index contributed by atoms with van der Waals surface area (Å²) in [5.41, 5.74) is 1.33. The summed E-state index contributed by atoms with van der Waals surface area (Å²) in [6.07, 6.45) is 8.20. The van der Waals surface area contributed by atoms with Gasteiger partial charge in [-0.2, -0.15) is 0 Å². The van der Waals surface area contributed by atoms with Crippen LogP contribution in [-0.2, 0) is 13.1 Å². The summed E-state index contributed by atoms with van der Waals surface area (Å²) in [5.74, 6) is 2.43. The van der Waals surface area contributed by atoms with E-state index in [1.165, 1.54) is 25.0 Å². The van der Waals surface area contributed by atoms with E-state index in [-0.39, 0.29) is 0 Å². The molecule has 1 fully saturated rings. The highest BCUT2D eigenvalue weighted by molar-refractivity contribution is 4.98. The van der Waals surface area contributed by atoms with E-state index in [0.29, 0.717) is 5.92 Å². The molecule has 1 aliphatic rings. The number of imidazole rings is 1. The smallest absolute Gasteiger partial charge is 0.0948 e. The van der Waals surface area contributed by atoms with Crippen LogP contribution in [0.15, 0.2) is 12.5 Å². The van der Waals surface area contributed by atoms with E-state index in [2.05, 4.69) is 35.6 Å². The second-order valence-corrected chi connectivity index (χ2v) is 6.23. The molecule has 1 aliphatic carbocycles. The molecule has 0 aliphatic heterocycles. The van der Waals surface area contributed by atoms with Crippen LogP contribution in [0.4, 0.5) is 0 Å². The second-order valence-electron chi connectivity index (χ2n) is 6.23. The van der Waals surface area contributed by atoms with E-state index < -0.39 is 0 Å². The number of rotatable bonds is 6. The molecule has 1 saturated carbocycles. The number of nitrogens with one attached hydrogen (secondary N) is 1. The van der Waals surface area contributed by atoms with Crippen molar-refractivity contribution in [3.8, 4) is 0 Å². The number of aromatic nitrogens is 2. The maximum Gasteiger partial charge on any atom is 0.0948 e. The summed E-state index contributed by atoms with van der Waals surface area (Å²) in [5, 5.41) is 3.50. The molecular formula is C15H27N3. The van der Waals surface area contributed by atoms with Crippen molar-refractivity contribution in [1.29, 1.82) is 0 Å². The normalized spacial score (nSPS) is 24.0. The first-order chi connectivity index (χ1) is 8.66. The molecule has 1 heterocycles. The minimum atomic E-state index is 0.705. The molecule has 2 rings (SSSR count). The van der Waals surface area contributed by atoms with Crippen molar-refractivity contribution in [2.24, 2.45) is 17.8 Å². The minimum Gasteiger partial charge on any atom is -0.333 e. The molecule has 1 aromatic heterocycles. The number of hydrogen-bond donors (Lipinski definition) is 1. The fourth-order valence-electron chi connectivity index (χ4n) is 2.89. The third-order valence-electron chi connectivity index (χ3n) is 4.13. The Morgan fingerprint density at radius 1 is 1.44 bits per heavy atom. The van der Waals surface area contributed by atoms with E-state index >= 15 is 0 Å². The molecule has 102 valence electrons. The Hall–Kier alpha value is -0.830. The van der Waals surface area contributed by atoms with Gasteiger partial charge >= 0.3 is 0 Å². The van der Waals surface area contributed by atoms with Gasteiger partial charge in [0.05, 0.1) is 12.0 Å². The van der Waals surface area contributed by atoms with Crippen LogP contribution in [0.3, 0.4) is 0 Å². The molecule has 3 nitrogen and oxygen atoms in total. The van der Waals surface area contributed by atoms with Gasteiger partial charge in [0.2, 0.25) is 0 Å². The van der Waals surface area contributed by atoms with Crippen molar-refractivity contribution in [3.63, 3.8) is 0 Å². The highest BCUT2D eigenvalue weighted by atomic mass is 15.1. The summed E-state index contributed by atoms with van der Waals surface area (Å²) in [6, 6.07) is 0. The van der Waals surface area contributed by atoms with Crippen molar-refractivity contribution >= 4 is 0 Å². The Kier molecular flexibility index (Phi) is 4.81. The predicted molar refractivity (Wildman–Crippen MR) is 75.3 cm³/mol. The lowest BCUT2D eigenvalue weighted by Gasteiger charge is -2.18. The average Bonchev–Trinajstić information content (AvgIpc) is 2.90. The van der Waals surface area contributed by atoms with Gasteiger partial charge in [0.1, 0.15) is 0 Å². The first-order valence-electron chi connectivity index (χ1n) is 7.36. The highest BCUT2D eigenvalue weighted by Crippen LogP contribution is 2.32. The third kappa shape index (κ3) is 3.58. The predicted octanol–water partition coefficient (Wildman–Crippen LogP) is 3.06. The van der Waals surface area contributed by atoms with Crippen molar-refractivity contribution < 1.29 is 0 Å². The van der Waals surface area contributed by atoms with Gasteiger partial charge in [0, 0.05) is 19.3 Å². The van der Waals surface area contributed by atoms with Crippen molar-refractivity contribution in [3.05, 3.63) is 18.2 Å². The first kappa shape index (κ1) is 13.6. The lowest BCUT2D eigenvalue weighted by molar-refractivity contribution is 0.357. The van der Waals surface area contributed by atoms with Gasteiger partial charge in [-0.1, -0.05) is 33.6 Å². The molecule has 0 spiro atoms. The van der Waals surface area contributed by atoms with Crippen LogP contribution in [-0.4, -0.2) is 16.1 Å². The fraction of sp³-hybridized carbons (Fsp3) is 0.800. The maximum absolute atomic E-state index is 4.31. The molecule has 0 aromatic carbocycles. The summed E-state index contributed by atoms with van der Waals surface area (Å²) >= 11 is 0. The zero-order valence-electron chi connectivity index (χ0n) is 12.0. The van der Waals surface area contributed by atoms with Gasteiger partial charge in [0.25, 0.3) is 0 Å². The highest BCUT2D eigenvalue weighted by Gasteiger charge is 2.23. The second kappa shape index (κ2) is 6.37. The van der Waals surface area contributed by atoms with Crippen molar-refractivity contribution in [1.82, 2.24) is 14.9 Å². The molecule has 1 N–H and O–H groups in total. The van der Waals surface area contributed by atoms with Crippen LogP contribution in [0.1, 0.15) is 45.7 Å². The first-order valence-corrected chi connectivity index (χ1v) is 7.36. The molecule has 2 unspecified atom stereocenters. The van der Waals surface area contributed by atoms with E-state index in [4.69, 9.17) is 0 Å². The molecule has 0 amide bonds. The lowest BCUT2D eigenvalue weighted by Crippen LogP contribution is -2.22. The van der Waals surface area contributed by atoms with Gasteiger partial charge in [-0.05, 0) is 30.7 Å². The largest absolute Gasteiger partial charge is 0.333 e. The summed E-state index contributed by atoms with van der Waals surface area (Å²) in [6.45, 7) is 10.0. The Labute approximate surface area is 111 Å². The zero-order chi connectivity index (χ0) is 13.0. The standard InChI is InChI=1S/C15H27N3/c1-12(2)7-16-8-15-9-17-11-18(15)10-14-6-4-5-13(14)3/h9,11-14,16H,4-8,10H2,1-3H3. The van der Waals surface area contributed by atoms with Crippen LogP contribution in [0, 0.1) is 17.8 Å². The van der Waals surface area contributed by atoms with Crippen molar-refractivity contribution in [2.45, 2.75) is 53.1 Å². The molecule has 18 heavy (non-hydrogen) atoms. The van der Waals surface area contributed by atoms with Crippen LogP contribution in [0.25, 0.3) is 0 Å². The summed E-state index contributed by atoms with van der Waals surface area (Å²) < 4.78 is 2.35. The van der Waals surface area contributed by atoms with Crippen LogP contribution in [0.2, 0.25) is 0 Å². The van der Waals surface area contributed by atoms with Gasteiger partial charge in [-0.15, -0.1) is 0 Å². The topological polar surface area (TPSA) is 29.9 Å². The average molecular weight is 249 g/mol. The molecule has 3 heteroatoms. The quantitative estimate of drug-likeness (QED) is 0.839. The van der Waals surface area contributed by atoms with Crippen molar-refractivity contribution in [2.75, 3.05) is 6.54 Å². The van der Waals surface area contributed by atoms with E-state index in [0.717, 1.165) is 31.5 Å². The number of nitrogens with zero attached hydrogens (tertiary/aromatic N) is 2. The third-order valence-corrected chi connectivity index (χ3v) is 4.13. The van der Waals surface area contributed by atoms with Crippen LogP contribution < -0.4 is 5.32 Å².